The van der Waals surface area contributed by atoms with E-state index >= 15 is 0 Å². The summed E-state index contributed by atoms with van der Waals surface area (Å²) in [5, 5.41) is 4.97. The minimum absolute atomic E-state index is 0.0207. The van der Waals surface area contributed by atoms with Crippen molar-refractivity contribution in [3.8, 4) is 0 Å². The van der Waals surface area contributed by atoms with Crippen LogP contribution in [0.2, 0.25) is 0 Å². The fourth-order valence-corrected chi connectivity index (χ4v) is 3.23. The number of ether oxygens (including phenoxy) is 1. The maximum absolute atomic E-state index is 12.2. The lowest BCUT2D eigenvalue weighted by Gasteiger charge is -2.34. The first-order chi connectivity index (χ1) is 10.1. The van der Waals surface area contributed by atoms with Gasteiger partial charge in [0.15, 0.2) is 0 Å². The highest BCUT2D eigenvalue weighted by molar-refractivity contribution is 7.09. The fourth-order valence-electron chi connectivity index (χ4n) is 2.59. The summed E-state index contributed by atoms with van der Waals surface area (Å²) in [5.41, 5.74) is 0. The van der Waals surface area contributed by atoms with Gasteiger partial charge >= 0.3 is 5.97 Å². The van der Waals surface area contributed by atoms with Gasteiger partial charge in [-0.3, -0.25) is 14.5 Å². The van der Waals surface area contributed by atoms with Gasteiger partial charge in [0.2, 0.25) is 5.91 Å². The molecule has 21 heavy (non-hydrogen) atoms. The van der Waals surface area contributed by atoms with Crippen LogP contribution < -0.4 is 5.32 Å². The van der Waals surface area contributed by atoms with Crippen molar-refractivity contribution >= 4 is 23.2 Å². The molecule has 1 aromatic heterocycles. The molecule has 0 radical (unpaired) electrons. The molecule has 1 N–H and O–H groups in total. The SMILES string of the molecule is COC(=O)C1CCN(C(C)C(=O)NCc2cccs2)CC1. The lowest BCUT2D eigenvalue weighted by Crippen LogP contribution is -2.48. The van der Waals surface area contributed by atoms with E-state index in [9.17, 15) is 9.59 Å². The minimum Gasteiger partial charge on any atom is -0.469 e. The number of piperidine rings is 1. The Morgan fingerprint density at radius 3 is 2.76 bits per heavy atom. The second-order valence-corrected chi connectivity index (χ2v) is 6.34. The highest BCUT2D eigenvalue weighted by atomic mass is 32.1. The molecule has 6 heteroatoms. The van der Waals surface area contributed by atoms with E-state index in [0.29, 0.717) is 6.54 Å². The molecule has 2 rings (SSSR count). The van der Waals surface area contributed by atoms with Gasteiger partial charge in [-0.1, -0.05) is 6.07 Å². The van der Waals surface area contributed by atoms with Crippen LogP contribution in [-0.4, -0.2) is 43.0 Å². The summed E-state index contributed by atoms with van der Waals surface area (Å²) >= 11 is 1.64. The van der Waals surface area contributed by atoms with E-state index in [1.807, 2.05) is 24.4 Å². The van der Waals surface area contributed by atoms with Crippen LogP contribution in [0, 0.1) is 5.92 Å². The number of amides is 1. The highest BCUT2D eigenvalue weighted by Gasteiger charge is 2.30. The number of rotatable bonds is 5. The van der Waals surface area contributed by atoms with E-state index in [1.54, 1.807) is 11.3 Å². The molecule has 0 aliphatic carbocycles. The number of likely N-dealkylation sites (tertiary alicyclic amines) is 1. The maximum atomic E-state index is 12.2. The zero-order chi connectivity index (χ0) is 15.2. The van der Waals surface area contributed by atoms with Crippen LogP contribution in [0.5, 0.6) is 0 Å². The van der Waals surface area contributed by atoms with Gasteiger partial charge in [-0.2, -0.15) is 0 Å². The van der Waals surface area contributed by atoms with Crippen LogP contribution in [0.1, 0.15) is 24.6 Å². The molecule has 1 saturated heterocycles. The largest absolute Gasteiger partial charge is 0.469 e. The Balaban J connectivity index is 1.77. The van der Waals surface area contributed by atoms with Crippen LogP contribution in [0.4, 0.5) is 0 Å². The van der Waals surface area contributed by atoms with Crippen molar-refractivity contribution in [2.45, 2.75) is 32.4 Å². The number of carbonyl (C=O) groups excluding carboxylic acids is 2. The molecule has 0 spiro atoms. The van der Waals surface area contributed by atoms with E-state index in [1.165, 1.54) is 7.11 Å². The minimum atomic E-state index is -0.163. The van der Waals surface area contributed by atoms with Crippen molar-refractivity contribution in [2.75, 3.05) is 20.2 Å². The van der Waals surface area contributed by atoms with Gasteiger partial charge in [0.25, 0.3) is 0 Å². The molecule has 1 fully saturated rings. The van der Waals surface area contributed by atoms with Crippen molar-refractivity contribution in [1.82, 2.24) is 10.2 Å². The summed E-state index contributed by atoms with van der Waals surface area (Å²) in [6.45, 7) is 4.02. The first-order valence-electron chi connectivity index (χ1n) is 7.23. The van der Waals surface area contributed by atoms with E-state index in [4.69, 9.17) is 4.74 Å². The molecule has 116 valence electrons. The van der Waals surface area contributed by atoms with Crippen molar-refractivity contribution < 1.29 is 14.3 Å². The van der Waals surface area contributed by atoms with Gasteiger partial charge in [0.05, 0.1) is 25.6 Å². The molecule has 2 heterocycles. The number of hydrogen-bond acceptors (Lipinski definition) is 5. The topological polar surface area (TPSA) is 58.6 Å². The maximum Gasteiger partial charge on any atom is 0.308 e. The average Bonchev–Trinajstić information content (AvgIpc) is 3.04. The molecule has 1 aliphatic rings. The zero-order valence-electron chi connectivity index (χ0n) is 12.5. The van der Waals surface area contributed by atoms with Crippen molar-refractivity contribution in [1.29, 1.82) is 0 Å². The predicted octanol–water partition coefficient (Wildman–Crippen LogP) is 1.64. The molecule has 1 aromatic rings. The summed E-state index contributed by atoms with van der Waals surface area (Å²) in [4.78, 5) is 26.9. The molecule has 0 saturated carbocycles. The molecule has 5 nitrogen and oxygen atoms in total. The number of hydrogen-bond donors (Lipinski definition) is 1. The van der Waals surface area contributed by atoms with Crippen LogP contribution in [0.25, 0.3) is 0 Å². The van der Waals surface area contributed by atoms with Crippen molar-refractivity contribution in [3.63, 3.8) is 0 Å². The number of nitrogens with one attached hydrogen (secondary N) is 1. The van der Waals surface area contributed by atoms with Crippen LogP contribution in [0.3, 0.4) is 0 Å². The predicted molar refractivity (Wildman–Crippen MR) is 81.9 cm³/mol. The third-order valence-corrected chi connectivity index (χ3v) is 4.88. The first kappa shape index (κ1) is 16.0. The lowest BCUT2D eigenvalue weighted by atomic mass is 9.96. The standard InChI is InChI=1S/C15H22N2O3S/c1-11(14(18)16-10-13-4-3-9-21-13)17-7-5-12(6-8-17)15(19)20-2/h3-4,9,11-12H,5-8,10H2,1-2H3,(H,16,18). The highest BCUT2D eigenvalue weighted by Crippen LogP contribution is 2.20. The van der Waals surface area contributed by atoms with Crippen LogP contribution in [-0.2, 0) is 20.9 Å². The molecular weight excluding hydrogens is 288 g/mol. The van der Waals surface area contributed by atoms with Gasteiger partial charge in [-0.05, 0) is 44.3 Å². The first-order valence-corrected chi connectivity index (χ1v) is 8.11. The number of esters is 1. The Labute approximate surface area is 129 Å². The lowest BCUT2D eigenvalue weighted by molar-refractivity contribution is -0.147. The van der Waals surface area contributed by atoms with Gasteiger partial charge in [-0.25, -0.2) is 0 Å². The van der Waals surface area contributed by atoms with Crippen molar-refractivity contribution in [3.05, 3.63) is 22.4 Å². The van der Waals surface area contributed by atoms with E-state index in [-0.39, 0.29) is 23.8 Å². The zero-order valence-corrected chi connectivity index (χ0v) is 13.3. The Bertz CT molecular complexity index is 467. The molecule has 1 aliphatic heterocycles. The fraction of sp³-hybridized carbons (Fsp3) is 0.600. The van der Waals surface area contributed by atoms with E-state index in [0.717, 1.165) is 30.8 Å². The molecule has 0 aromatic carbocycles. The van der Waals surface area contributed by atoms with Crippen LogP contribution >= 0.6 is 11.3 Å². The van der Waals surface area contributed by atoms with Crippen molar-refractivity contribution in [2.24, 2.45) is 5.92 Å². The molecule has 1 amide bonds. The van der Waals surface area contributed by atoms with Gasteiger partial charge < -0.3 is 10.1 Å². The Kier molecular flexibility index (Phi) is 5.76. The smallest absolute Gasteiger partial charge is 0.308 e. The number of carbonyl (C=O) groups is 2. The molecular formula is C15H22N2O3S. The molecule has 1 unspecified atom stereocenters. The Hall–Kier alpha value is -1.40. The summed E-state index contributed by atoms with van der Waals surface area (Å²) in [5.74, 6) is -0.114. The van der Waals surface area contributed by atoms with E-state index in [2.05, 4.69) is 10.2 Å². The quantitative estimate of drug-likeness (QED) is 0.840. The van der Waals surface area contributed by atoms with Gasteiger partial charge in [-0.15, -0.1) is 11.3 Å². The summed E-state index contributed by atoms with van der Waals surface area (Å²) in [6.07, 6.45) is 1.52. The summed E-state index contributed by atoms with van der Waals surface area (Å²) in [6, 6.07) is 3.83. The van der Waals surface area contributed by atoms with Gasteiger partial charge in [0.1, 0.15) is 0 Å². The average molecular weight is 310 g/mol. The molecule has 0 bridgehead atoms. The number of nitrogens with zero attached hydrogens (tertiary/aromatic N) is 1. The second kappa shape index (κ2) is 7.56. The summed E-state index contributed by atoms with van der Waals surface area (Å²) in [7, 11) is 1.43. The van der Waals surface area contributed by atoms with Gasteiger partial charge in [0, 0.05) is 4.88 Å². The monoisotopic (exact) mass is 310 g/mol. The Morgan fingerprint density at radius 2 is 2.19 bits per heavy atom. The number of methoxy groups -OCH3 is 1. The second-order valence-electron chi connectivity index (χ2n) is 5.31. The third-order valence-electron chi connectivity index (χ3n) is 4.01. The Morgan fingerprint density at radius 1 is 1.48 bits per heavy atom. The molecule has 1 atom stereocenters. The summed E-state index contributed by atoms with van der Waals surface area (Å²) < 4.78 is 4.78. The van der Waals surface area contributed by atoms with E-state index < -0.39 is 0 Å². The number of thiophene rings is 1. The third kappa shape index (κ3) is 4.28. The normalized spacial score (nSPS) is 18.2. The van der Waals surface area contributed by atoms with Crippen LogP contribution in [0.15, 0.2) is 17.5 Å².